The van der Waals surface area contributed by atoms with E-state index in [1.165, 1.54) is 29.7 Å². The van der Waals surface area contributed by atoms with Gasteiger partial charge in [0.15, 0.2) is 0 Å². The lowest BCUT2D eigenvalue weighted by molar-refractivity contribution is 0.827. The summed E-state index contributed by atoms with van der Waals surface area (Å²) < 4.78 is 0. The molecule has 1 nitrogen and oxygen atoms in total. The second-order valence-electron chi connectivity index (χ2n) is 2.97. The van der Waals surface area contributed by atoms with Crippen molar-refractivity contribution in [2.24, 2.45) is 0 Å². The van der Waals surface area contributed by atoms with E-state index < -0.39 is 0 Å². The molecular formula is C10H12N. The van der Waals surface area contributed by atoms with Gasteiger partial charge in [-0.3, -0.25) is 0 Å². The summed E-state index contributed by atoms with van der Waals surface area (Å²) in [5.74, 6) is 0. The molecule has 1 aromatic carbocycles. The van der Waals surface area contributed by atoms with Crippen LogP contribution in [-0.2, 0) is 6.42 Å². The third-order valence-corrected chi connectivity index (χ3v) is 2.19. The molecule has 0 aliphatic carbocycles. The second-order valence-corrected chi connectivity index (χ2v) is 2.97. The highest BCUT2D eigenvalue weighted by atomic mass is 14.9. The Morgan fingerprint density at radius 3 is 3.09 bits per heavy atom. The molecule has 0 fully saturated rings. The first-order chi connectivity index (χ1) is 5.38. The van der Waals surface area contributed by atoms with Crippen LogP contribution in [0.2, 0.25) is 0 Å². The Morgan fingerprint density at radius 1 is 1.36 bits per heavy atom. The topological polar surface area (TPSA) is 12.0 Å². The Bertz CT molecular complexity index is 266. The smallest absolute Gasteiger partial charge is 0.0375 e. The molecule has 1 heteroatoms. The SMILES string of the molecule is [CH2]c1cccc2c1CCCN2. The molecule has 57 valence electrons. The van der Waals surface area contributed by atoms with E-state index in [1.54, 1.807) is 0 Å². The van der Waals surface area contributed by atoms with Crippen molar-refractivity contribution in [1.29, 1.82) is 0 Å². The molecule has 1 N–H and O–H groups in total. The molecule has 0 aromatic heterocycles. The molecular weight excluding hydrogens is 134 g/mol. The molecule has 0 bridgehead atoms. The Morgan fingerprint density at radius 2 is 2.27 bits per heavy atom. The van der Waals surface area contributed by atoms with Gasteiger partial charge in [0.25, 0.3) is 0 Å². The van der Waals surface area contributed by atoms with Crippen molar-refractivity contribution in [3.63, 3.8) is 0 Å². The second kappa shape index (κ2) is 2.57. The van der Waals surface area contributed by atoms with Crippen LogP contribution in [0.3, 0.4) is 0 Å². The van der Waals surface area contributed by atoms with E-state index in [0.29, 0.717) is 0 Å². The molecule has 0 saturated heterocycles. The molecule has 1 heterocycles. The lowest BCUT2D eigenvalue weighted by Crippen LogP contribution is -2.12. The fourth-order valence-corrected chi connectivity index (χ4v) is 1.58. The van der Waals surface area contributed by atoms with Crippen LogP contribution in [-0.4, -0.2) is 6.54 Å². The van der Waals surface area contributed by atoms with Crippen LogP contribution < -0.4 is 5.32 Å². The van der Waals surface area contributed by atoms with Gasteiger partial charge in [-0.25, -0.2) is 0 Å². The van der Waals surface area contributed by atoms with Gasteiger partial charge in [0, 0.05) is 12.2 Å². The number of hydrogen-bond donors (Lipinski definition) is 1. The van der Waals surface area contributed by atoms with Crippen molar-refractivity contribution in [2.45, 2.75) is 12.8 Å². The molecule has 0 spiro atoms. The highest BCUT2D eigenvalue weighted by Crippen LogP contribution is 2.24. The molecule has 0 amide bonds. The summed E-state index contributed by atoms with van der Waals surface area (Å²) in [6.45, 7) is 5.10. The predicted molar refractivity (Wildman–Crippen MR) is 47.7 cm³/mol. The third-order valence-electron chi connectivity index (χ3n) is 2.19. The summed E-state index contributed by atoms with van der Waals surface area (Å²) in [5, 5.41) is 3.36. The molecule has 0 saturated carbocycles. The minimum atomic E-state index is 1.11. The van der Waals surface area contributed by atoms with Crippen LogP contribution in [0.15, 0.2) is 18.2 Å². The maximum atomic E-state index is 3.99. The van der Waals surface area contributed by atoms with Crippen LogP contribution in [0.4, 0.5) is 5.69 Å². The molecule has 2 rings (SSSR count). The Hall–Kier alpha value is -0.980. The van der Waals surface area contributed by atoms with Gasteiger partial charge in [-0.05, 0) is 37.0 Å². The summed E-state index contributed by atoms with van der Waals surface area (Å²) in [5.41, 5.74) is 3.86. The van der Waals surface area contributed by atoms with Gasteiger partial charge in [-0.1, -0.05) is 12.1 Å². The number of hydrogen-bond acceptors (Lipinski definition) is 1. The quantitative estimate of drug-likeness (QED) is 0.591. The van der Waals surface area contributed by atoms with Crippen LogP contribution in [0, 0.1) is 6.92 Å². The number of rotatable bonds is 0. The van der Waals surface area contributed by atoms with Crippen molar-refractivity contribution in [1.82, 2.24) is 0 Å². The maximum Gasteiger partial charge on any atom is 0.0375 e. The van der Waals surface area contributed by atoms with Gasteiger partial charge >= 0.3 is 0 Å². The van der Waals surface area contributed by atoms with Crippen molar-refractivity contribution in [2.75, 3.05) is 11.9 Å². The van der Waals surface area contributed by atoms with Crippen LogP contribution in [0.25, 0.3) is 0 Å². The molecule has 1 aromatic rings. The predicted octanol–water partition coefficient (Wildman–Crippen LogP) is 2.23. The van der Waals surface area contributed by atoms with Crippen LogP contribution >= 0.6 is 0 Å². The highest BCUT2D eigenvalue weighted by molar-refractivity contribution is 5.56. The van der Waals surface area contributed by atoms with Gasteiger partial charge in [0.05, 0.1) is 0 Å². The lowest BCUT2D eigenvalue weighted by Gasteiger charge is -2.19. The van der Waals surface area contributed by atoms with Gasteiger partial charge in [0.1, 0.15) is 0 Å². The van der Waals surface area contributed by atoms with Crippen molar-refractivity contribution >= 4 is 5.69 Å². The van der Waals surface area contributed by atoms with E-state index in [2.05, 4.69) is 30.4 Å². The van der Waals surface area contributed by atoms with Gasteiger partial charge in [0.2, 0.25) is 0 Å². The Balaban J connectivity index is 2.49. The van der Waals surface area contributed by atoms with E-state index in [1.807, 2.05) is 0 Å². The van der Waals surface area contributed by atoms with Crippen LogP contribution in [0.1, 0.15) is 17.5 Å². The molecule has 1 aliphatic heterocycles. The number of fused-ring (bicyclic) bond motifs is 1. The van der Waals surface area contributed by atoms with Crippen molar-refractivity contribution in [3.8, 4) is 0 Å². The summed E-state index contributed by atoms with van der Waals surface area (Å²) in [6.07, 6.45) is 2.42. The van der Waals surface area contributed by atoms with E-state index in [4.69, 9.17) is 0 Å². The van der Waals surface area contributed by atoms with E-state index in [-0.39, 0.29) is 0 Å². The largest absolute Gasteiger partial charge is 0.385 e. The monoisotopic (exact) mass is 146 g/mol. The highest BCUT2D eigenvalue weighted by Gasteiger charge is 2.08. The maximum absolute atomic E-state index is 3.99. The van der Waals surface area contributed by atoms with E-state index in [9.17, 15) is 0 Å². The zero-order valence-electron chi connectivity index (χ0n) is 6.56. The third kappa shape index (κ3) is 1.11. The van der Waals surface area contributed by atoms with E-state index >= 15 is 0 Å². The first-order valence-electron chi connectivity index (χ1n) is 4.05. The minimum absolute atomic E-state index is 1.11. The normalized spacial score (nSPS) is 15.4. The summed E-state index contributed by atoms with van der Waals surface area (Å²) >= 11 is 0. The summed E-state index contributed by atoms with van der Waals surface area (Å²) in [7, 11) is 0. The molecule has 1 aliphatic rings. The van der Waals surface area contributed by atoms with Crippen molar-refractivity contribution in [3.05, 3.63) is 36.2 Å². The zero-order chi connectivity index (χ0) is 7.68. The van der Waals surface area contributed by atoms with Gasteiger partial charge in [-0.2, -0.15) is 0 Å². The Labute approximate surface area is 67.4 Å². The van der Waals surface area contributed by atoms with E-state index in [0.717, 1.165) is 6.54 Å². The molecule has 0 atom stereocenters. The van der Waals surface area contributed by atoms with Gasteiger partial charge < -0.3 is 5.32 Å². The zero-order valence-corrected chi connectivity index (χ0v) is 6.56. The first-order valence-corrected chi connectivity index (χ1v) is 4.05. The van der Waals surface area contributed by atoms with Crippen molar-refractivity contribution < 1.29 is 0 Å². The summed E-state index contributed by atoms with van der Waals surface area (Å²) in [4.78, 5) is 0. The first kappa shape index (κ1) is 6.71. The number of nitrogens with one attached hydrogen (secondary N) is 1. The molecule has 0 unspecified atom stereocenters. The number of anilines is 1. The standard InChI is InChI=1S/C10H12N/c1-8-4-2-6-10-9(8)5-3-7-11-10/h2,4,6,11H,1,3,5,7H2. The fraction of sp³-hybridized carbons (Fsp3) is 0.300. The minimum Gasteiger partial charge on any atom is -0.385 e. The fourth-order valence-electron chi connectivity index (χ4n) is 1.58. The Kier molecular flexibility index (Phi) is 1.57. The van der Waals surface area contributed by atoms with Crippen LogP contribution in [0.5, 0.6) is 0 Å². The lowest BCUT2D eigenvalue weighted by atomic mass is 9.99. The average Bonchev–Trinajstić information content (AvgIpc) is 2.06. The average molecular weight is 146 g/mol. The number of benzene rings is 1. The van der Waals surface area contributed by atoms with Gasteiger partial charge in [-0.15, -0.1) is 0 Å². The summed E-state index contributed by atoms with van der Waals surface area (Å²) in [6, 6.07) is 6.26. The molecule has 11 heavy (non-hydrogen) atoms. The molecule has 1 radical (unpaired) electrons.